The monoisotopic (exact) mass is 189 g/mol. The summed E-state index contributed by atoms with van der Waals surface area (Å²) >= 11 is 0. The van der Waals surface area contributed by atoms with Crippen LogP contribution in [0, 0.1) is 12.8 Å². The van der Waals surface area contributed by atoms with Crippen molar-refractivity contribution < 1.29 is 0 Å². The van der Waals surface area contributed by atoms with Crippen molar-refractivity contribution in [1.29, 1.82) is 0 Å². The molecule has 0 heterocycles. The first-order chi connectivity index (χ1) is 6.81. The Kier molecular flexibility index (Phi) is 2.87. The summed E-state index contributed by atoms with van der Waals surface area (Å²) in [4.78, 5) is 0. The molecular weight excluding hydrogens is 170 g/mol. The summed E-state index contributed by atoms with van der Waals surface area (Å²) in [7, 11) is 0. The van der Waals surface area contributed by atoms with Gasteiger partial charge in [0.1, 0.15) is 0 Å². The lowest BCUT2D eigenvalue weighted by molar-refractivity contribution is 0.496. The maximum Gasteiger partial charge on any atom is 0.0348 e. The van der Waals surface area contributed by atoms with Gasteiger partial charge in [0.15, 0.2) is 0 Å². The van der Waals surface area contributed by atoms with E-state index in [9.17, 15) is 0 Å². The molecule has 1 saturated carbocycles. The molecule has 0 aromatic heterocycles. The van der Waals surface area contributed by atoms with Gasteiger partial charge in [-0.3, -0.25) is 0 Å². The number of hydrogen-bond donors (Lipinski definition) is 1. The van der Waals surface area contributed by atoms with Crippen molar-refractivity contribution in [2.75, 3.05) is 6.54 Å². The number of aryl methyl sites for hydroxylation is 1. The molecule has 14 heavy (non-hydrogen) atoms. The molecule has 1 fully saturated rings. The van der Waals surface area contributed by atoms with Gasteiger partial charge in [0.2, 0.25) is 0 Å². The fourth-order valence-corrected chi connectivity index (χ4v) is 2.07. The Morgan fingerprint density at radius 3 is 2.79 bits per heavy atom. The van der Waals surface area contributed by atoms with Crippen molar-refractivity contribution in [3.05, 3.63) is 35.4 Å². The van der Waals surface area contributed by atoms with Gasteiger partial charge in [-0.1, -0.05) is 36.8 Å². The van der Waals surface area contributed by atoms with Gasteiger partial charge in [-0.25, -0.2) is 0 Å². The van der Waals surface area contributed by atoms with Gasteiger partial charge in [0.05, 0.1) is 0 Å². The molecule has 1 aromatic carbocycles. The van der Waals surface area contributed by atoms with Crippen LogP contribution in [0.15, 0.2) is 24.3 Å². The highest BCUT2D eigenvalue weighted by Gasteiger charge is 2.31. The second kappa shape index (κ2) is 4.14. The van der Waals surface area contributed by atoms with Crippen LogP contribution in [0.4, 0.5) is 0 Å². The lowest BCUT2D eigenvalue weighted by Gasteiger charge is -2.18. The van der Waals surface area contributed by atoms with E-state index in [-0.39, 0.29) is 0 Å². The molecule has 0 spiro atoms. The van der Waals surface area contributed by atoms with E-state index in [1.807, 2.05) is 0 Å². The molecule has 76 valence electrons. The van der Waals surface area contributed by atoms with Crippen molar-refractivity contribution in [2.24, 2.45) is 5.92 Å². The maximum absolute atomic E-state index is 3.59. The van der Waals surface area contributed by atoms with Gasteiger partial charge in [-0.15, -0.1) is 0 Å². The second-order valence-electron chi connectivity index (χ2n) is 4.29. The van der Waals surface area contributed by atoms with Crippen LogP contribution in [0.2, 0.25) is 0 Å². The molecule has 1 aliphatic rings. The van der Waals surface area contributed by atoms with Crippen LogP contribution in [0.3, 0.4) is 0 Å². The normalized spacial score (nSPS) is 18.1. The van der Waals surface area contributed by atoms with Gasteiger partial charge in [-0.2, -0.15) is 0 Å². The summed E-state index contributed by atoms with van der Waals surface area (Å²) in [6.07, 6.45) is 2.79. The summed E-state index contributed by atoms with van der Waals surface area (Å²) in [6.45, 7) is 5.42. The number of hydrogen-bond acceptors (Lipinski definition) is 1. The highest BCUT2D eigenvalue weighted by molar-refractivity contribution is 5.26. The van der Waals surface area contributed by atoms with E-state index < -0.39 is 0 Å². The smallest absolute Gasteiger partial charge is 0.0348 e. The van der Waals surface area contributed by atoms with E-state index in [1.54, 1.807) is 0 Å². The summed E-state index contributed by atoms with van der Waals surface area (Å²) in [5, 5.41) is 3.59. The highest BCUT2D eigenvalue weighted by Crippen LogP contribution is 2.40. The van der Waals surface area contributed by atoms with Crippen LogP contribution >= 0.6 is 0 Å². The predicted molar refractivity (Wildman–Crippen MR) is 60.3 cm³/mol. The third kappa shape index (κ3) is 2.16. The Hall–Kier alpha value is -0.820. The fraction of sp³-hybridized carbons (Fsp3) is 0.538. The van der Waals surface area contributed by atoms with Crippen molar-refractivity contribution in [2.45, 2.75) is 32.7 Å². The Morgan fingerprint density at radius 1 is 1.43 bits per heavy atom. The van der Waals surface area contributed by atoms with E-state index in [0.717, 1.165) is 12.5 Å². The van der Waals surface area contributed by atoms with Gasteiger partial charge in [0.25, 0.3) is 0 Å². The van der Waals surface area contributed by atoms with E-state index in [4.69, 9.17) is 0 Å². The van der Waals surface area contributed by atoms with Gasteiger partial charge >= 0.3 is 0 Å². The van der Waals surface area contributed by atoms with Crippen LogP contribution in [0.5, 0.6) is 0 Å². The lowest BCUT2D eigenvalue weighted by atomic mass is 10.0. The summed E-state index contributed by atoms with van der Waals surface area (Å²) in [6, 6.07) is 9.49. The zero-order valence-corrected chi connectivity index (χ0v) is 9.09. The number of benzene rings is 1. The molecule has 0 aliphatic heterocycles. The zero-order chi connectivity index (χ0) is 9.97. The highest BCUT2D eigenvalue weighted by atomic mass is 14.9. The van der Waals surface area contributed by atoms with E-state index >= 15 is 0 Å². The predicted octanol–water partition coefficient (Wildman–Crippen LogP) is 3.06. The first kappa shape index (κ1) is 9.72. The third-order valence-corrected chi connectivity index (χ3v) is 2.92. The van der Waals surface area contributed by atoms with Crippen LogP contribution < -0.4 is 5.32 Å². The minimum absolute atomic E-state index is 0.597. The Bertz CT molecular complexity index is 302. The minimum Gasteiger partial charge on any atom is -0.310 e. The molecule has 1 atom stereocenters. The molecule has 0 bridgehead atoms. The second-order valence-corrected chi connectivity index (χ2v) is 4.29. The molecule has 0 saturated heterocycles. The Labute approximate surface area is 86.5 Å². The largest absolute Gasteiger partial charge is 0.310 e. The molecule has 1 heteroatoms. The van der Waals surface area contributed by atoms with Gasteiger partial charge in [-0.05, 0) is 37.8 Å². The first-order valence-corrected chi connectivity index (χ1v) is 5.61. The molecule has 1 unspecified atom stereocenters. The zero-order valence-electron chi connectivity index (χ0n) is 9.09. The van der Waals surface area contributed by atoms with Crippen molar-refractivity contribution in [1.82, 2.24) is 5.32 Å². The molecule has 1 nitrogen and oxygen atoms in total. The Morgan fingerprint density at radius 2 is 2.21 bits per heavy atom. The van der Waals surface area contributed by atoms with E-state index in [1.165, 1.54) is 24.0 Å². The van der Waals surface area contributed by atoms with Gasteiger partial charge in [0, 0.05) is 6.04 Å². The van der Waals surface area contributed by atoms with Crippen LogP contribution in [-0.2, 0) is 0 Å². The van der Waals surface area contributed by atoms with Crippen molar-refractivity contribution in [3.63, 3.8) is 0 Å². The third-order valence-electron chi connectivity index (χ3n) is 2.92. The van der Waals surface area contributed by atoms with Crippen molar-refractivity contribution in [3.8, 4) is 0 Å². The average molecular weight is 189 g/mol. The average Bonchev–Trinajstić information content (AvgIpc) is 2.97. The van der Waals surface area contributed by atoms with E-state index in [2.05, 4.69) is 43.4 Å². The summed E-state index contributed by atoms with van der Waals surface area (Å²) in [5.41, 5.74) is 2.83. The fourth-order valence-electron chi connectivity index (χ4n) is 2.07. The standard InChI is InChI=1S/C13H19N/c1-3-14-13(11-7-8-11)12-6-4-5-10(2)9-12/h4-6,9,11,13-14H,3,7-8H2,1-2H3. The molecule has 0 radical (unpaired) electrons. The molecular formula is C13H19N. The minimum atomic E-state index is 0.597. The quantitative estimate of drug-likeness (QED) is 0.767. The molecule has 1 aromatic rings. The molecule has 1 N–H and O–H groups in total. The number of rotatable bonds is 4. The topological polar surface area (TPSA) is 12.0 Å². The van der Waals surface area contributed by atoms with Crippen LogP contribution in [0.1, 0.15) is 36.9 Å². The maximum atomic E-state index is 3.59. The van der Waals surface area contributed by atoms with Crippen LogP contribution in [0.25, 0.3) is 0 Å². The summed E-state index contributed by atoms with van der Waals surface area (Å²) < 4.78 is 0. The molecule has 0 amide bonds. The molecule has 1 aliphatic carbocycles. The lowest BCUT2D eigenvalue weighted by Crippen LogP contribution is -2.22. The Balaban J connectivity index is 2.16. The SMILES string of the molecule is CCNC(c1cccc(C)c1)C1CC1. The van der Waals surface area contributed by atoms with E-state index in [0.29, 0.717) is 6.04 Å². The van der Waals surface area contributed by atoms with Crippen LogP contribution in [-0.4, -0.2) is 6.54 Å². The number of nitrogens with one attached hydrogen (secondary N) is 1. The van der Waals surface area contributed by atoms with Crippen molar-refractivity contribution >= 4 is 0 Å². The first-order valence-electron chi connectivity index (χ1n) is 5.61. The summed E-state index contributed by atoms with van der Waals surface area (Å²) in [5.74, 6) is 0.886. The van der Waals surface area contributed by atoms with Gasteiger partial charge < -0.3 is 5.32 Å². The molecule has 2 rings (SSSR count).